The Labute approximate surface area is 66.8 Å². The zero-order valence-corrected chi connectivity index (χ0v) is 6.67. The van der Waals surface area contributed by atoms with Crippen LogP contribution < -0.4 is 10.2 Å². The van der Waals surface area contributed by atoms with Gasteiger partial charge in [0.15, 0.2) is 0 Å². The number of benzene rings is 1. The maximum absolute atomic E-state index is 3.21. The van der Waals surface area contributed by atoms with Gasteiger partial charge in [-0.15, -0.1) is 0 Å². The Morgan fingerprint density at radius 2 is 2.18 bits per heavy atom. The lowest BCUT2D eigenvalue weighted by Gasteiger charge is -2.34. The molecular weight excluding hydrogens is 136 g/mol. The molecular formula is C9H12N2. The van der Waals surface area contributed by atoms with Gasteiger partial charge in [-0.25, -0.2) is 0 Å². The number of rotatable bonds is 1. The maximum Gasteiger partial charge on any atom is 0.0708 e. The molecule has 0 unspecified atom stereocenters. The second-order valence-corrected chi connectivity index (χ2v) is 2.95. The number of hydrogen-bond acceptors (Lipinski definition) is 2. The van der Waals surface area contributed by atoms with E-state index in [1.54, 1.807) is 0 Å². The first-order valence-electron chi connectivity index (χ1n) is 3.88. The zero-order valence-electron chi connectivity index (χ0n) is 6.67. The van der Waals surface area contributed by atoms with Crippen molar-refractivity contribution >= 4 is 5.69 Å². The van der Waals surface area contributed by atoms with Crippen LogP contribution in [0.15, 0.2) is 24.3 Å². The molecule has 0 bridgehead atoms. The monoisotopic (exact) mass is 148 g/mol. The summed E-state index contributed by atoms with van der Waals surface area (Å²) in [6, 6.07) is 8.58. The standard InChI is InChI=1S/C9H12N2/c1-8-3-2-4-9(5-8)11-6-10-7-11/h2-5,10H,6-7H2,1H3. The number of anilines is 1. The topological polar surface area (TPSA) is 15.3 Å². The molecule has 0 aliphatic carbocycles. The second-order valence-electron chi connectivity index (χ2n) is 2.95. The van der Waals surface area contributed by atoms with E-state index in [2.05, 4.69) is 41.4 Å². The van der Waals surface area contributed by atoms with E-state index < -0.39 is 0 Å². The van der Waals surface area contributed by atoms with Crippen LogP contribution in [-0.2, 0) is 0 Å². The van der Waals surface area contributed by atoms with Crippen molar-refractivity contribution in [3.63, 3.8) is 0 Å². The summed E-state index contributed by atoms with van der Waals surface area (Å²) in [7, 11) is 0. The van der Waals surface area contributed by atoms with Crippen molar-refractivity contribution < 1.29 is 0 Å². The van der Waals surface area contributed by atoms with Gasteiger partial charge in [0.05, 0.1) is 13.3 Å². The average molecular weight is 148 g/mol. The zero-order chi connectivity index (χ0) is 7.68. The third-order valence-electron chi connectivity index (χ3n) is 1.97. The molecule has 1 heterocycles. The summed E-state index contributed by atoms with van der Waals surface area (Å²) in [6.07, 6.45) is 0. The predicted molar refractivity (Wildman–Crippen MR) is 46.5 cm³/mol. The molecule has 0 amide bonds. The number of aryl methyl sites for hydroxylation is 1. The minimum atomic E-state index is 0.990. The molecule has 0 saturated carbocycles. The minimum Gasteiger partial charge on any atom is -0.346 e. The average Bonchev–Trinajstić information content (AvgIpc) is 1.83. The smallest absolute Gasteiger partial charge is 0.0708 e. The van der Waals surface area contributed by atoms with Crippen LogP contribution in [0.3, 0.4) is 0 Å². The fourth-order valence-electron chi connectivity index (χ4n) is 1.23. The molecule has 58 valence electrons. The van der Waals surface area contributed by atoms with Gasteiger partial charge in [0, 0.05) is 5.69 Å². The quantitative estimate of drug-likeness (QED) is 0.646. The summed E-state index contributed by atoms with van der Waals surface area (Å²) in [6.45, 7) is 4.10. The van der Waals surface area contributed by atoms with Crippen molar-refractivity contribution in [3.8, 4) is 0 Å². The van der Waals surface area contributed by atoms with E-state index in [-0.39, 0.29) is 0 Å². The fraction of sp³-hybridized carbons (Fsp3) is 0.333. The van der Waals surface area contributed by atoms with E-state index in [1.165, 1.54) is 11.3 Å². The van der Waals surface area contributed by atoms with E-state index in [0.29, 0.717) is 0 Å². The number of nitrogens with one attached hydrogen (secondary N) is 1. The first kappa shape index (κ1) is 6.68. The Balaban J connectivity index is 2.23. The van der Waals surface area contributed by atoms with Crippen molar-refractivity contribution in [1.82, 2.24) is 5.32 Å². The molecule has 0 atom stereocenters. The molecule has 1 aliphatic heterocycles. The molecule has 1 aromatic rings. The first-order valence-corrected chi connectivity index (χ1v) is 3.88. The van der Waals surface area contributed by atoms with Crippen molar-refractivity contribution in [3.05, 3.63) is 29.8 Å². The van der Waals surface area contributed by atoms with Crippen LogP contribution in [0.2, 0.25) is 0 Å². The van der Waals surface area contributed by atoms with E-state index in [9.17, 15) is 0 Å². The van der Waals surface area contributed by atoms with Gasteiger partial charge in [0.1, 0.15) is 0 Å². The van der Waals surface area contributed by atoms with Crippen LogP contribution in [0.25, 0.3) is 0 Å². The third kappa shape index (κ3) is 1.21. The van der Waals surface area contributed by atoms with Gasteiger partial charge in [-0.1, -0.05) is 12.1 Å². The summed E-state index contributed by atoms with van der Waals surface area (Å²) < 4.78 is 0. The molecule has 0 aromatic heterocycles. The fourth-order valence-corrected chi connectivity index (χ4v) is 1.23. The molecule has 1 saturated heterocycles. The molecule has 0 spiro atoms. The van der Waals surface area contributed by atoms with Gasteiger partial charge in [-0.3, -0.25) is 5.32 Å². The van der Waals surface area contributed by atoms with Gasteiger partial charge in [-0.2, -0.15) is 0 Å². The number of hydrogen-bond donors (Lipinski definition) is 1. The highest BCUT2D eigenvalue weighted by molar-refractivity contribution is 5.49. The van der Waals surface area contributed by atoms with Gasteiger partial charge >= 0.3 is 0 Å². The normalized spacial score (nSPS) is 16.3. The lowest BCUT2D eigenvalue weighted by molar-refractivity contribution is 0.524. The van der Waals surface area contributed by atoms with Gasteiger partial charge in [-0.05, 0) is 24.6 Å². The van der Waals surface area contributed by atoms with E-state index in [4.69, 9.17) is 0 Å². The van der Waals surface area contributed by atoms with Crippen LogP contribution in [-0.4, -0.2) is 13.3 Å². The Hall–Kier alpha value is -1.02. The molecule has 2 heteroatoms. The summed E-state index contributed by atoms with van der Waals surface area (Å²) in [4.78, 5) is 2.30. The molecule has 1 N–H and O–H groups in total. The summed E-state index contributed by atoms with van der Waals surface area (Å²) in [5, 5.41) is 3.21. The van der Waals surface area contributed by atoms with Crippen molar-refractivity contribution in [2.45, 2.75) is 6.92 Å². The van der Waals surface area contributed by atoms with Crippen molar-refractivity contribution in [2.24, 2.45) is 0 Å². The van der Waals surface area contributed by atoms with E-state index in [0.717, 1.165) is 13.3 Å². The highest BCUT2D eigenvalue weighted by atomic mass is 15.4. The lowest BCUT2D eigenvalue weighted by atomic mass is 10.2. The van der Waals surface area contributed by atoms with E-state index >= 15 is 0 Å². The van der Waals surface area contributed by atoms with Crippen LogP contribution in [0, 0.1) is 6.92 Å². The van der Waals surface area contributed by atoms with Crippen LogP contribution in [0.5, 0.6) is 0 Å². The summed E-state index contributed by atoms with van der Waals surface area (Å²) >= 11 is 0. The third-order valence-corrected chi connectivity index (χ3v) is 1.97. The van der Waals surface area contributed by atoms with Gasteiger partial charge < -0.3 is 4.90 Å². The van der Waals surface area contributed by atoms with Crippen molar-refractivity contribution in [2.75, 3.05) is 18.2 Å². The SMILES string of the molecule is Cc1cccc(N2CNC2)c1. The van der Waals surface area contributed by atoms with Crippen LogP contribution in [0.1, 0.15) is 5.56 Å². The molecule has 1 fully saturated rings. The minimum absolute atomic E-state index is 0.990. The van der Waals surface area contributed by atoms with E-state index in [1.807, 2.05) is 0 Å². The second kappa shape index (κ2) is 2.55. The molecule has 0 radical (unpaired) electrons. The largest absolute Gasteiger partial charge is 0.346 e. The predicted octanol–water partition coefficient (Wildman–Crippen LogP) is 1.32. The van der Waals surface area contributed by atoms with Gasteiger partial charge in [0.2, 0.25) is 0 Å². The van der Waals surface area contributed by atoms with Gasteiger partial charge in [0.25, 0.3) is 0 Å². The lowest BCUT2D eigenvalue weighted by Crippen LogP contribution is -2.52. The number of nitrogens with zero attached hydrogens (tertiary/aromatic N) is 1. The summed E-state index contributed by atoms with van der Waals surface area (Å²) in [5.74, 6) is 0. The highest BCUT2D eigenvalue weighted by Crippen LogP contribution is 2.16. The Morgan fingerprint density at radius 1 is 1.36 bits per heavy atom. The van der Waals surface area contributed by atoms with Crippen LogP contribution >= 0.6 is 0 Å². The maximum atomic E-state index is 3.21. The van der Waals surface area contributed by atoms with Crippen LogP contribution in [0.4, 0.5) is 5.69 Å². The highest BCUT2D eigenvalue weighted by Gasteiger charge is 2.12. The Kier molecular flexibility index (Phi) is 1.55. The summed E-state index contributed by atoms with van der Waals surface area (Å²) in [5.41, 5.74) is 2.65. The molecule has 2 rings (SSSR count). The Bertz CT molecular complexity index is 253. The molecule has 1 aliphatic rings. The molecule has 2 nitrogen and oxygen atoms in total. The van der Waals surface area contributed by atoms with Crippen molar-refractivity contribution in [1.29, 1.82) is 0 Å². The molecule has 11 heavy (non-hydrogen) atoms. The molecule has 1 aromatic carbocycles. The Morgan fingerprint density at radius 3 is 2.73 bits per heavy atom. The first-order chi connectivity index (χ1) is 5.36.